The van der Waals surface area contributed by atoms with E-state index in [2.05, 4.69) is 26.4 Å². The van der Waals surface area contributed by atoms with Crippen molar-refractivity contribution in [3.63, 3.8) is 0 Å². The number of rotatable bonds is 7. The average Bonchev–Trinajstić information content (AvgIpc) is 3.19. The molecule has 0 radical (unpaired) electrons. The Balaban J connectivity index is 1.28. The van der Waals surface area contributed by atoms with Crippen molar-refractivity contribution in [2.75, 3.05) is 24.2 Å². The van der Waals surface area contributed by atoms with E-state index in [1.54, 1.807) is 21.4 Å². The van der Waals surface area contributed by atoms with Gasteiger partial charge in [0.1, 0.15) is 0 Å². The van der Waals surface area contributed by atoms with Crippen LogP contribution in [-0.4, -0.2) is 74.3 Å². The van der Waals surface area contributed by atoms with Gasteiger partial charge >= 0.3 is 0 Å². The van der Waals surface area contributed by atoms with Gasteiger partial charge in [-0.1, -0.05) is 13.0 Å². The first kappa shape index (κ1) is 20.6. The smallest absolute Gasteiger partial charge is 0.227 e. The van der Waals surface area contributed by atoms with Gasteiger partial charge in [-0.15, -0.1) is 0 Å². The summed E-state index contributed by atoms with van der Waals surface area (Å²) in [5.74, 6) is 0.816. The molecule has 2 atom stereocenters. The maximum absolute atomic E-state index is 12.3. The summed E-state index contributed by atoms with van der Waals surface area (Å²) < 4.78 is 28.0. The molecule has 10 heteroatoms. The van der Waals surface area contributed by atoms with E-state index in [9.17, 15) is 8.42 Å². The van der Waals surface area contributed by atoms with Gasteiger partial charge in [-0.2, -0.15) is 9.40 Å². The third kappa shape index (κ3) is 3.99. The van der Waals surface area contributed by atoms with E-state index in [0.717, 1.165) is 30.6 Å². The molecule has 9 nitrogen and oxygen atoms in total. The van der Waals surface area contributed by atoms with E-state index >= 15 is 0 Å². The number of hydrogen-bond donors (Lipinski definition) is 1. The summed E-state index contributed by atoms with van der Waals surface area (Å²) in [5, 5.41) is 7.37. The van der Waals surface area contributed by atoms with Crippen LogP contribution in [0.15, 0.2) is 30.7 Å². The molecule has 5 heterocycles. The molecule has 0 amide bonds. The highest BCUT2D eigenvalue weighted by Gasteiger charge is 2.47. The minimum atomic E-state index is -3.08. The van der Waals surface area contributed by atoms with E-state index in [-0.39, 0.29) is 5.75 Å². The molecule has 0 aromatic carbocycles. The van der Waals surface area contributed by atoms with Crippen LogP contribution in [-0.2, 0) is 17.1 Å². The Morgan fingerprint density at radius 1 is 1.23 bits per heavy atom. The fourth-order valence-corrected chi connectivity index (χ4v) is 6.63. The van der Waals surface area contributed by atoms with Crippen LogP contribution < -0.4 is 5.32 Å². The van der Waals surface area contributed by atoms with E-state index in [4.69, 9.17) is 4.98 Å². The van der Waals surface area contributed by atoms with Crippen LogP contribution in [0.25, 0.3) is 5.57 Å². The normalized spacial score (nSPS) is 24.8. The van der Waals surface area contributed by atoms with E-state index in [1.165, 1.54) is 5.57 Å². The van der Waals surface area contributed by atoms with Crippen LogP contribution in [0.3, 0.4) is 0 Å². The summed E-state index contributed by atoms with van der Waals surface area (Å²) in [5.41, 5.74) is 3.07. The Labute approximate surface area is 183 Å². The maximum atomic E-state index is 12.3. The Morgan fingerprint density at radius 3 is 2.77 bits per heavy atom. The van der Waals surface area contributed by atoms with Crippen LogP contribution in [0.1, 0.15) is 38.3 Å². The molecule has 2 bridgehead atoms. The minimum Gasteiger partial charge on any atom is -0.321 e. The zero-order chi connectivity index (χ0) is 21.6. The van der Waals surface area contributed by atoms with Crippen LogP contribution in [0, 0.1) is 0 Å². The highest BCUT2D eigenvalue weighted by atomic mass is 32.2. The number of aromatic nitrogens is 4. The zero-order valence-electron chi connectivity index (χ0n) is 18.0. The Bertz CT molecular complexity index is 1090. The highest BCUT2D eigenvalue weighted by molar-refractivity contribution is 7.89. The molecule has 31 heavy (non-hydrogen) atoms. The lowest BCUT2D eigenvalue weighted by Crippen LogP contribution is -2.64. The number of nitrogens with one attached hydrogen (secondary N) is 1. The van der Waals surface area contributed by atoms with Crippen molar-refractivity contribution in [3.05, 3.63) is 36.4 Å². The molecular weight excluding hydrogens is 414 g/mol. The first-order valence-electron chi connectivity index (χ1n) is 11.0. The monoisotopic (exact) mass is 443 g/mol. The molecule has 2 fully saturated rings. The van der Waals surface area contributed by atoms with Gasteiger partial charge in [-0.25, -0.2) is 18.4 Å². The first-order chi connectivity index (χ1) is 14.9. The topological polar surface area (TPSA) is 96.3 Å². The van der Waals surface area contributed by atoms with Gasteiger partial charge in [0.25, 0.3) is 0 Å². The fraction of sp³-hybridized carbons (Fsp3) is 0.571. The lowest BCUT2D eigenvalue weighted by Gasteiger charge is -2.48. The quantitative estimate of drug-likeness (QED) is 0.699. The summed E-state index contributed by atoms with van der Waals surface area (Å²) in [6.45, 7) is 3.17. The number of fused-ring (bicyclic) bond motifs is 2. The fourth-order valence-electron chi connectivity index (χ4n) is 5.05. The Kier molecular flexibility index (Phi) is 5.31. The molecule has 5 rings (SSSR count). The van der Waals surface area contributed by atoms with Gasteiger partial charge in [0.2, 0.25) is 16.0 Å². The summed E-state index contributed by atoms with van der Waals surface area (Å²) in [6, 6.07) is 3.11. The second-order valence-electron chi connectivity index (χ2n) is 8.72. The predicted octanol–water partition coefficient (Wildman–Crippen LogP) is 2.00. The van der Waals surface area contributed by atoms with Crippen LogP contribution in [0.5, 0.6) is 0 Å². The van der Waals surface area contributed by atoms with Gasteiger partial charge in [0.05, 0.1) is 23.3 Å². The second kappa shape index (κ2) is 7.99. The number of sulfonamides is 1. The molecule has 2 unspecified atom stereocenters. The maximum Gasteiger partial charge on any atom is 0.227 e. The van der Waals surface area contributed by atoms with Crippen molar-refractivity contribution in [2.45, 2.75) is 50.7 Å². The minimum absolute atomic E-state index is 0.250. The van der Waals surface area contributed by atoms with Crippen molar-refractivity contribution in [2.24, 2.45) is 7.05 Å². The third-order valence-electron chi connectivity index (χ3n) is 6.50. The van der Waals surface area contributed by atoms with Gasteiger partial charge < -0.3 is 5.32 Å². The predicted molar refractivity (Wildman–Crippen MR) is 119 cm³/mol. The van der Waals surface area contributed by atoms with Gasteiger partial charge in [-0.05, 0) is 37.3 Å². The molecule has 1 N–H and O–H groups in total. The van der Waals surface area contributed by atoms with E-state index in [1.807, 2.05) is 26.2 Å². The third-order valence-corrected chi connectivity index (χ3v) is 8.51. The highest BCUT2D eigenvalue weighted by Crippen LogP contribution is 2.41. The molecular formula is C21H29N7O2S. The molecule has 3 aliphatic heterocycles. The standard InChI is InChI=1S/C21H29N7O2S/c1-3-8-31(29,30)27-13-19(14-27)28-17-4-5-18(28)10-15(9-17)20-6-7-22-21(25-20)24-16-11-23-26(2)12-16/h6-7,9,11-12,17-19H,3-5,8,10,13-14H2,1-2H3,(H,22,24,25). The molecule has 166 valence electrons. The van der Waals surface area contributed by atoms with Crippen molar-refractivity contribution in [3.8, 4) is 0 Å². The zero-order valence-corrected chi connectivity index (χ0v) is 18.8. The molecule has 2 saturated heterocycles. The number of hydrogen-bond acceptors (Lipinski definition) is 7. The van der Waals surface area contributed by atoms with Crippen molar-refractivity contribution in [1.82, 2.24) is 29.0 Å². The molecule has 2 aromatic heterocycles. The number of anilines is 2. The molecule has 0 spiro atoms. The van der Waals surface area contributed by atoms with E-state index < -0.39 is 10.0 Å². The molecule has 3 aliphatic rings. The van der Waals surface area contributed by atoms with Gasteiger partial charge in [-0.3, -0.25) is 9.58 Å². The summed E-state index contributed by atoms with van der Waals surface area (Å²) in [6.07, 6.45) is 11.6. The Hall–Kier alpha value is -2.30. The summed E-state index contributed by atoms with van der Waals surface area (Å²) >= 11 is 0. The summed E-state index contributed by atoms with van der Waals surface area (Å²) in [7, 11) is -1.21. The van der Waals surface area contributed by atoms with Crippen LogP contribution in [0.2, 0.25) is 0 Å². The van der Waals surface area contributed by atoms with Crippen molar-refractivity contribution < 1.29 is 8.42 Å². The van der Waals surface area contributed by atoms with Crippen LogP contribution >= 0.6 is 0 Å². The lowest BCUT2D eigenvalue weighted by atomic mass is 9.95. The number of nitrogens with zero attached hydrogens (tertiary/aromatic N) is 6. The largest absolute Gasteiger partial charge is 0.321 e. The second-order valence-corrected chi connectivity index (χ2v) is 10.8. The van der Waals surface area contributed by atoms with E-state index in [0.29, 0.717) is 43.6 Å². The van der Waals surface area contributed by atoms with Crippen molar-refractivity contribution >= 4 is 27.2 Å². The summed E-state index contributed by atoms with van der Waals surface area (Å²) in [4.78, 5) is 11.6. The Morgan fingerprint density at radius 2 is 2.06 bits per heavy atom. The first-order valence-corrected chi connectivity index (χ1v) is 12.6. The van der Waals surface area contributed by atoms with Gasteiger partial charge in [0.15, 0.2) is 0 Å². The lowest BCUT2D eigenvalue weighted by molar-refractivity contribution is 0.0565. The molecule has 2 aromatic rings. The van der Waals surface area contributed by atoms with Crippen molar-refractivity contribution in [1.29, 1.82) is 0 Å². The SMILES string of the molecule is CCCS(=O)(=O)N1CC(N2C3C=C(c4ccnc(Nc5cnn(C)c5)n4)CC2CC3)C1. The average molecular weight is 444 g/mol. The molecule has 0 aliphatic carbocycles. The van der Waals surface area contributed by atoms with Gasteiger partial charge in [0, 0.05) is 50.7 Å². The molecule has 0 saturated carbocycles. The van der Waals surface area contributed by atoms with Crippen LogP contribution in [0.4, 0.5) is 11.6 Å². The number of aryl methyl sites for hydroxylation is 1.